The summed E-state index contributed by atoms with van der Waals surface area (Å²) >= 11 is 1.52. The lowest BCUT2D eigenvalue weighted by atomic mass is 10.2. The maximum absolute atomic E-state index is 11.1. The van der Waals surface area contributed by atoms with E-state index in [2.05, 4.69) is 23.7 Å². The quantitative estimate of drug-likeness (QED) is 0.850. The third-order valence-corrected chi connectivity index (χ3v) is 4.01. The van der Waals surface area contributed by atoms with Crippen molar-refractivity contribution in [2.75, 3.05) is 13.1 Å². The molecule has 1 aromatic heterocycles. The molecule has 1 heterocycles. The van der Waals surface area contributed by atoms with E-state index in [4.69, 9.17) is 5.11 Å². The molecule has 0 aliphatic rings. The summed E-state index contributed by atoms with van der Waals surface area (Å²) in [6, 6.07) is 0. The fourth-order valence-corrected chi connectivity index (χ4v) is 2.64. The van der Waals surface area contributed by atoms with Crippen molar-refractivity contribution in [3.05, 3.63) is 15.6 Å². The number of carboxylic acid groups (broad SMARTS) is 1. The van der Waals surface area contributed by atoms with Gasteiger partial charge in [-0.15, -0.1) is 11.3 Å². The van der Waals surface area contributed by atoms with Crippen LogP contribution in [0.15, 0.2) is 0 Å². The van der Waals surface area contributed by atoms with Crippen molar-refractivity contribution in [2.45, 2.75) is 40.2 Å². The number of carbonyl (C=O) groups is 1. The van der Waals surface area contributed by atoms with Crippen LogP contribution >= 0.6 is 11.3 Å². The molecule has 0 aliphatic heterocycles. The van der Waals surface area contributed by atoms with E-state index in [0.717, 1.165) is 23.0 Å². The third kappa shape index (κ3) is 3.51. The Morgan fingerprint density at radius 1 is 1.41 bits per heavy atom. The Labute approximate surface area is 106 Å². The van der Waals surface area contributed by atoms with Crippen LogP contribution in [0.2, 0.25) is 0 Å². The molecule has 0 amide bonds. The van der Waals surface area contributed by atoms with E-state index < -0.39 is 5.97 Å². The molecule has 0 bridgehead atoms. The lowest BCUT2D eigenvalue weighted by Crippen LogP contribution is -2.22. The molecule has 96 valence electrons. The van der Waals surface area contributed by atoms with Crippen molar-refractivity contribution in [3.63, 3.8) is 0 Å². The summed E-state index contributed by atoms with van der Waals surface area (Å²) in [7, 11) is 0. The van der Waals surface area contributed by atoms with Gasteiger partial charge in [-0.25, -0.2) is 9.78 Å². The van der Waals surface area contributed by atoms with Crippen LogP contribution in [-0.2, 0) is 6.54 Å². The third-order valence-electron chi connectivity index (χ3n) is 2.67. The van der Waals surface area contributed by atoms with Crippen LogP contribution in [0.25, 0.3) is 0 Å². The van der Waals surface area contributed by atoms with E-state index >= 15 is 0 Å². The van der Waals surface area contributed by atoms with Crippen LogP contribution in [0.5, 0.6) is 0 Å². The first-order chi connectivity index (χ1) is 7.99. The summed E-state index contributed by atoms with van der Waals surface area (Å²) in [6.07, 6.45) is 0. The maximum atomic E-state index is 11.1. The minimum atomic E-state index is -0.921. The molecule has 0 spiro atoms. The number of thiazole rings is 1. The Morgan fingerprint density at radius 3 is 2.41 bits per heavy atom. The zero-order valence-electron chi connectivity index (χ0n) is 10.9. The summed E-state index contributed by atoms with van der Waals surface area (Å²) in [4.78, 5) is 18.4. The molecule has 0 saturated carbocycles. The van der Waals surface area contributed by atoms with Crippen molar-refractivity contribution >= 4 is 17.3 Å². The van der Waals surface area contributed by atoms with Gasteiger partial charge in [0.05, 0.1) is 9.88 Å². The monoisotopic (exact) mass is 256 g/mol. The summed E-state index contributed by atoms with van der Waals surface area (Å²) in [5.41, 5.74) is 0.227. The molecule has 1 N–H and O–H groups in total. The molecule has 1 rings (SSSR count). The number of nitrogens with zero attached hydrogens (tertiary/aromatic N) is 2. The van der Waals surface area contributed by atoms with E-state index in [1.54, 1.807) is 0 Å². The van der Waals surface area contributed by atoms with Gasteiger partial charge in [-0.1, -0.05) is 27.7 Å². The second kappa shape index (κ2) is 6.12. The van der Waals surface area contributed by atoms with Gasteiger partial charge in [-0.2, -0.15) is 0 Å². The first-order valence-electron chi connectivity index (χ1n) is 5.94. The highest BCUT2D eigenvalue weighted by Gasteiger charge is 2.19. The van der Waals surface area contributed by atoms with Gasteiger partial charge < -0.3 is 5.11 Å². The summed E-state index contributed by atoms with van der Waals surface area (Å²) in [5, 5.41) is 10.1. The Balaban J connectivity index is 2.99. The van der Waals surface area contributed by atoms with Gasteiger partial charge in [0.25, 0.3) is 0 Å². The molecular formula is C12H20N2O2S. The highest BCUT2D eigenvalue weighted by molar-refractivity contribution is 7.12. The number of aromatic nitrogens is 1. The van der Waals surface area contributed by atoms with E-state index in [1.807, 2.05) is 13.8 Å². The van der Waals surface area contributed by atoms with Gasteiger partial charge in [0, 0.05) is 12.5 Å². The fourth-order valence-electron chi connectivity index (χ4n) is 1.54. The first kappa shape index (κ1) is 14.1. The molecule has 0 aromatic carbocycles. The van der Waals surface area contributed by atoms with E-state index in [-0.39, 0.29) is 11.6 Å². The van der Waals surface area contributed by atoms with E-state index in [9.17, 15) is 4.79 Å². The fraction of sp³-hybridized carbons (Fsp3) is 0.667. The average molecular weight is 256 g/mol. The molecule has 0 radical (unpaired) electrons. The van der Waals surface area contributed by atoms with Crippen LogP contribution in [0.4, 0.5) is 0 Å². The maximum Gasteiger partial charge on any atom is 0.355 e. The number of hydrogen-bond donors (Lipinski definition) is 1. The van der Waals surface area contributed by atoms with Crippen LogP contribution < -0.4 is 0 Å². The number of carboxylic acids is 1. The largest absolute Gasteiger partial charge is 0.476 e. The van der Waals surface area contributed by atoms with Crippen molar-refractivity contribution in [1.82, 2.24) is 9.88 Å². The molecule has 0 saturated heterocycles. The van der Waals surface area contributed by atoms with Gasteiger partial charge in [0.2, 0.25) is 0 Å². The van der Waals surface area contributed by atoms with Crippen molar-refractivity contribution < 1.29 is 9.90 Å². The topological polar surface area (TPSA) is 53.4 Å². The molecule has 0 unspecified atom stereocenters. The standard InChI is InChI=1S/C12H20N2O2S/c1-5-14(6-2)7-9-10(12(15)16)13-11(17-9)8(3)4/h8H,5-7H2,1-4H3,(H,15,16). The molecule has 0 atom stereocenters. The van der Waals surface area contributed by atoms with Crippen LogP contribution in [0.3, 0.4) is 0 Å². The van der Waals surface area contributed by atoms with Crippen molar-refractivity contribution in [1.29, 1.82) is 0 Å². The van der Waals surface area contributed by atoms with E-state index in [1.165, 1.54) is 11.3 Å². The summed E-state index contributed by atoms with van der Waals surface area (Å²) in [6.45, 7) is 10.7. The lowest BCUT2D eigenvalue weighted by molar-refractivity contribution is 0.0689. The van der Waals surface area contributed by atoms with Gasteiger partial charge in [-0.05, 0) is 13.1 Å². The molecule has 5 heteroatoms. The Bertz CT molecular complexity index is 384. The predicted octanol–water partition coefficient (Wildman–Crippen LogP) is 2.81. The van der Waals surface area contributed by atoms with Gasteiger partial charge in [0.1, 0.15) is 0 Å². The summed E-state index contributed by atoms with van der Waals surface area (Å²) in [5.74, 6) is -0.640. The summed E-state index contributed by atoms with van der Waals surface area (Å²) < 4.78 is 0. The van der Waals surface area contributed by atoms with Gasteiger partial charge in [0.15, 0.2) is 5.69 Å². The normalized spacial score (nSPS) is 11.4. The molecule has 0 aliphatic carbocycles. The van der Waals surface area contributed by atoms with Gasteiger partial charge >= 0.3 is 5.97 Å². The second-order valence-corrected chi connectivity index (χ2v) is 5.36. The molecular weight excluding hydrogens is 236 g/mol. The minimum absolute atomic E-state index is 0.227. The Morgan fingerprint density at radius 2 is 2.00 bits per heavy atom. The van der Waals surface area contributed by atoms with Crippen molar-refractivity contribution in [3.8, 4) is 0 Å². The predicted molar refractivity (Wildman–Crippen MR) is 69.8 cm³/mol. The average Bonchev–Trinajstić information content (AvgIpc) is 2.69. The smallest absolute Gasteiger partial charge is 0.355 e. The Hall–Kier alpha value is -0.940. The molecule has 17 heavy (non-hydrogen) atoms. The zero-order valence-corrected chi connectivity index (χ0v) is 11.7. The van der Waals surface area contributed by atoms with Crippen molar-refractivity contribution in [2.24, 2.45) is 0 Å². The van der Waals surface area contributed by atoms with Crippen LogP contribution in [-0.4, -0.2) is 34.0 Å². The zero-order chi connectivity index (χ0) is 13.0. The van der Waals surface area contributed by atoms with Crippen LogP contribution in [0.1, 0.15) is 54.0 Å². The highest BCUT2D eigenvalue weighted by Crippen LogP contribution is 2.26. The van der Waals surface area contributed by atoms with E-state index in [0.29, 0.717) is 6.54 Å². The highest BCUT2D eigenvalue weighted by atomic mass is 32.1. The van der Waals surface area contributed by atoms with Gasteiger partial charge in [-0.3, -0.25) is 4.90 Å². The molecule has 1 aromatic rings. The lowest BCUT2D eigenvalue weighted by Gasteiger charge is -2.16. The molecule has 0 fully saturated rings. The SMILES string of the molecule is CCN(CC)Cc1sc(C(C)C)nc1C(=O)O. The number of aromatic carboxylic acids is 1. The second-order valence-electron chi connectivity index (χ2n) is 4.25. The minimum Gasteiger partial charge on any atom is -0.476 e. The van der Waals surface area contributed by atoms with Crippen LogP contribution in [0, 0.1) is 0 Å². The number of rotatable bonds is 6. The number of hydrogen-bond acceptors (Lipinski definition) is 4. The first-order valence-corrected chi connectivity index (χ1v) is 6.76. The Kier molecular flexibility index (Phi) is 5.08. The molecule has 4 nitrogen and oxygen atoms in total.